The first-order valence-corrected chi connectivity index (χ1v) is 6.96. The number of carboxylic acids is 1. The van der Waals surface area contributed by atoms with Gasteiger partial charge in [-0.3, -0.25) is 4.79 Å². The van der Waals surface area contributed by atoms with E-state index >= 15 is 0 Å². The molecule has 0 amide bonds. The number of carbonyl (C=O) groups excluding carboxylic acids is 1. The van der Waals surface area contributed by atoms with Crippen molar-refractivity contribution in [2.45, 2.75) is 43.0 Å². The Morgan fingerprint density at radius 1 is 1.39 bits per heavy atom. The number of rotatable bonds is 8. The predicted molar refractivity (Wildman–Crippen MR) is 72.2 cm³/mol. The van der Waals surface area contributed by atoms with Gasteiger partial charge in [0.1, 0.15) is 18.8 Å². The second-order valence-corrected chi connectivity index (χ2v) is 5.46. The van der Waals surface area contributed by atoms with E-state index in [4.69, 9.17) is 24.8 Å². The van der Waals surface area contributed by atoms with Crippen LogP contribution < -0.4 is 0 Å². The van der Waals surface area contributed by atoms with Crippen LogP contribution in [0.15, 0.2) is 0 Å². The van der Waals surface area contributed by atoms with Crippen LogP contribution in [0.4, 0.5) is 0 Å². The van der Waals surface area contributed by atoms with E-state index in [1.54, 1.807) is 0 Å². The van der Waals surface area contributed by atoms with E-state index in [9.17, 15) is 24.9 Å². The van der Waals surface area contributed by atoms with Crippen LogP contribution in [0.25, 0.3) is 0 Å². The van der Waals surface area contributed by atoms with Crippen LogP contribution in [-0.4, -0.2) is 92.9 Å². The fraction of sp³-hybridized carbons (Fsp3) is 0.846. The van der Waals surface area contributed by atoms with Gasteiger partial charge in [-0.1, -0.05) is 0 Å². The van der Waals surface area contributed by atoms with Crippen LogP contribution in [0.2, 0.25) is 0 Å². The van der Waals surface area contributed by atoms with Crippen molar-refractivity contribution in [1.29, 1.82) is 0 Å². The first-order valence-electron chi connectivity index (χ1n) is 6.96. The monoisotopic (exact) mass is 338 g/mol. The van der Waals surface area contributed by atoms with Crippen molar-refractivity contribution < 1.29 is 49.7 Å². The number of hydrogen-bond acceptors (Lipinski definition) is 9. The van der Waals surface area contributed by atoms with Crippen LogP contribution in [0.3, 0.4) is 0 Å². The van der Waals surface area contributed by atoms with Gasteiger partial charge in [0.25, 0.3) is 5.79 Å². The third kappa shape index (κ3) is 4.44. The fourth-order valence-corrected chi connectivity index (χ4v) is 2.59. The molecule has 134 valence electrons. The molecule has 0 aliphatic carbocycles. The molecule has 0 aromatic carbocycles. The Labute approximate surface area is 131 Å². The number of methoxy groups -OCH3 is 1. The summed E-state index contributed by atoms with van der Waals surface area (Å²) in [5.74, 6) is -6.27. The summed E-state index contributed by atoms with van der Waals surface area (Å²) < 4.78 is 9.86. The Morgan fingerprint density at radius 3 is 2.43 bits per heavy atom. The van der Waals surface area contributed by atoms with E-state index < -0.39 is 73.9 Å². The quantitative estimate of drug-likeness (QED) is 0.265. The highest BCUT2D eigenvalue weighted by molar-refractivity contribution is 5.80. The maximum Gasteiger partial charge on any atom is 0.364 e. The zero-order valence-corrected chi connectivity index (χ0v) is 12.5. The lowest BCUT2D eigenvalue weighted by atomic mass is 9.80. The molecule has 10 heteroatoms. The van der Waals surface area contributed by atoms with Crippen LogP contribution in [-0.2, 0) is 19.1 Å². The molecule has 0 bridgehead atoms. The molecule has 1 saturated heterocycles. The summed E-state index contributed by atoms with van der Waals surface area (Å²) in [6.07, 6.45) is -6.93. The predicted octanol–water partition coefficient (Wildman–Crippen LogP) is -3.15. The van der Waals surface area contributed by atoms with Crippen molar-refractivity contribution in [1.82, 2.24) is 0 Å². The molecule has 1 fully saturated rings. The van der Waals surface area contributed by atoms with Crippen molar-refractivity contribution >= 4 is 11.8 Å². The molecule has 23 heavy (non-hydrogen) atoms. The first kappa shape index (κ1) is 19.9. The van der Waals surface area contributed by atoms with E-state index in [0.717, 1.165) is 0 Å². The van der Waals surface area contributed by atoms with E-state index in [1.807, 2.05) is 0 Å². The van der Waals surface area contributed by atoms with Gasteiger partial charge in [-0.25, -0.2) is 4.79 Å². The number of carboxylic acid groups (broad SMARTS) is 1. The second-order valence-electron chi connectivity index (χ2n) is 5.46. The van der Waals surface area contributed by atoms with Crippen LogP contribution >= 0.6 is 0 Å². The molecule has 0 aromatic rings. The molecule has 1 rings (SSSR count). The number of aliphatic hydroxyl groups is 5. The van der Waals surface area contributed by atoms with Gasteiger partial charge in [-0.15, -0.1) is 0 Å². The molecular weight excluding hydrogens is 316 g/mol. The third-order valence-electron chi connectivity index (χ3n) is 3.91. The molecule has 1 aliphatic heterocycles. The molecule has 1 aliphatic rings. The normalized spacial score (nSPS) is 33.9. The number of aliphatic carboxylic acids is 1. The summed E-state index contributed by atoms with van der Waals surface area (Å²) >= 11 is 0. The van der Waals surface area contributed by atoms with E-state index in [1.165, 1.54) is 7.11 Å². The van der Waals surface area contributed by atoms with Gasteiger partial charge in [0, 0.05) is 25.9 Å². The Bertz CT molecular complexity index is 423. The van der Waals surface area contributed by atoms with E-state index in [2.05, 4.69) is 0 Å². The second kappa shape index (κ2) is 8.11. The Balaban J connectivity index is 3.11. The van der Waals surface area contributed by atoms with Crippen molar-refractivity contribution in [2.24, 2.45) is 5.92 Å². The Hall–Kier alpha value is -1.14. The van der Waals surface area contributed by atoms with Crippen LogP contribution in [0, 0.1) is 5.92 Å². The summed E-state index contributed by atoms with van der Waals surface area (Å²) in [5, 5.41) is 57.3. The summed E-state index contributed by atoms with van der Waals surface area (Å²) in [5.41, 5.74) is 0. The van der Waals surface area contributed by atoms with Gasteiger partial charge in [0.15, 0.2) is 5.78 Å². The minimum Gasteiger partial charge on any atom is -0.477 e. The van der Waals surface area contributed by atoms with Crippen molar-refractivity contribution in [3.8, 4) is 0 Å². The van der Waals surface area contributed by atoms with Crippen molar-refractivity contribution in [2.75, 3.05) is 20.3 Å². The molecular formula is C13H22O10. The zero-order valence-electron chi connectivity index (χ0n) is 12.5. The molecule has 0 aromatic heterocycles. The Kier molecular flexibility index (Phi) is 7.02. The number of ketones is 1. The van der Waals surface area contributed by atoms with E-state index in [0.29, 0.717) is 0 Å². The summed E-state index contributed by atoms with van der Waals surface area (Å²) in [6.45, 7) is -1.44. The highest BCUT2D eigenvalue weighted by Crippen LogP contribution is 2.36. The average molecular weight is 338 g/mol. The molecule has 0 radical (unpaired) electrons. The van der Waals surface area contributed by atoms with Crippen LogP contribution in [0.5, 0.6) is 0 Å². The SMILES string of the molecule is COC(CO)C(O)C1OC(O)(C(=O)O)CC(O)C1CC(=O)CO. The minimum absolute atomic E-state index is 0.406. The molecule has 10 nitrogen and oxygen atoms in total. The number of ether oxygens (including phenoxy) is 2. The number of Topliss-reactive ketones (excluding diaryl/α,β-unsaturated/α-hetero) is 1. The highest BCUT2D eigenvalue weighted by Gasteiger charge is 2.53. The highest BCUT2D eigenvalue weighted by atomic mass is 16.7. The molecule has 6 N–H and O–H groups in total. The van der Waals surface area contributed by atoms with Gasteiger partial charge < -0.3 is 40.1 Å². The molecule has 1 heterocycles. The molecule has 0 saturated carbocycles. The van der Waals surface area contributed by atoms with Crippen LogP contribution in [0.1, 0.15) is 12.8 Å². The van der Waals surface area contributed by atoms with Gasteiger partial charge in [0.2, 0.25) is 0 Å². The third-order valence-corrected chi connectivity index (χ3v) is 3.91. The maximum absolute atomic E-state index is 11.4. The lowest BCUT2D eigenvalue weighted by Gasteiger charge is -2.44. The first-order chi connectivity index (χ1) is 10.7. The summed E-state index contributed by atoms with van der Waals surface area (Å²) in [7, 11) is 1.18. The fourth-order valence-electron chi connectivity index (χ4n) is 2.59. The van der Waals surface area contributed by atoms with Gasteiger partial charge in [0.05, 0.1) is 18.8 Å². The van der Waals surface area contributed by atoms with Gasteiger partial charge in [-0.05, 0) is 0 Å². The minimum atomic E-state index is -2.75. The topological polar surface area (TPSA) is 174 Å². The number of aliphatic hydroxyl groups excluding tert-OH is 4. The van der Waals surface area contributed by atoms with Crippen molar-refractivity contribution in [3.05, 3.63) is 0 Å². The summed E-state index contributed by atoms with van der Waals surface area (Å²) in [6, 6.07) is 0. The van der Waals surface area contributed by atoms with Crippen molar-refractivity contribution in [3.63, 3.8) is 0 Å². The molecule has 6 atom stereocenters. The number of carbonyl (C=O) groups is 2. The summed E-state index contributed by atoms with van der Waals surface area (Å²) in [4.78, 5) is 22.6. The smallest absolute Gasteiger partial charge is 0.364 e. The zero-order chi connectivity index (χ0) is 17.8. The van der Waals surface area contributed by atoms with Gasteiger partial charge >= 0.3 is 5.97 Å². The number of hydrogen-bond donors (Lipinski definition) is 6. The Morgan fingerprint density at radius 2 is 2.00 bits per heavy atom. The van der Waals surface area contributed by atoms with E-state index in [-0.39, 0.29) is 0 Å². The standard InChI is InChI=1S/C13H22O10/c1-22-9(5-15)10(18)11-7(2-6(16)4-14)8(17)3-13(21,23-11)12(19)20/h7-11,14-15,17-18,21H,2-5H2,1H3,(H,19,20). The lowest BCUT2D eigenvalue weighted by molar-refractivity contribution is -0.304. The largest absolute Gasteiger partial charge is 0.477 e. The lowest BCUT2D eigenvalue weighted by Crippen LogP contribution is -2.61. The molecule has 6 unspecified atom stereocenters. The average Bonchev–Trinajstić information content (AvgIpc) is 2.50. The molecule has 0 spiro atoms. The maximum atomic E-state index is 11.4. The van der Waals surface area contributed by atoms with Gasteiger partial charge in [-0.2, -0.15) is 0 Å².